The lowest BCUT2D eigenvalue weighted by Crippen LogP contribution is -2.47. The van der Waals surface area contributed by atoms with Crippen LogP contribution in [0.25, 0.3) is 0 Å². The maximum Gasteiger partial charge on any atom is 0.254 e. The summed E-state index contributed by atoms with van der Waals surface area (Å²) in [6.07, 6.45) is 0.857. The van der Waals surface area contributed by atoms with Gasteiger partial charge in [0.2, 0.25) is 0 Å². The molecule has 23 heavy (non-hydrogen) atoms. The largest absolute Gasteiger partial charge is 0.497 e. The van der Waals surface area contributed by atoms with Crippen LogP contribution in [0.1, 0.15) is 39.0 Å². The number of rotatable bonds is 2. The van der Waals surface area contributed by atoms with Crippen LogP contribution in [0.5, 0.6) is 5.75 Å². The number of hydrogen-bond donors (Lipinski definition) is 1. The third kappa shape index (κ3) is 2.05. The fourth-order valence-electron chi connectivity index (χ4n) is 3.95. The molecule has 0 radical (unpaired) electrons. The van der Waals surface area contributed by atoms with E-state index in [2.05, 4.69) is 12.1 Å². The van der Waals surface area contributed by atoms with Crippen molar-refractivity contribution in [2.75, 3.05) is 20.3 Å². The van der Waals surface area contributed by atoms with Crippen molar-refractivity contribution in [2.45, 2.75) is 18.4 Å². The SMILES string of the molecule is COc1ccc2c(c1)C(=O)N1CCc3ccccc3[C@H]1[C@H]2CO. The van der Waals surface area contributed by atoms with Gasteiger partial charge in [-0.25, -0.2) is 0 Å². The topological polar surface area (TPSA) is 49.8 Å². The molecule has 2 heterocycles. The summed E-state index contributed by atoms with van der Waals surface area (Å²) in [5.74, 6) is 0.600. The number of amides is 1. The Labute approximate surface area is 135 Å². The summed E-state index contributed by atoms with van der Waals surface area (Å²) in [7, 11) is 1.60. The Morgan fingerprint density at radius 3 is 2.83 bits per heavy atom. The lowest BCUT2D eigenvalue weighted by molar-refractivity contribution is 0.0541. The van der Waals surface area contributed by atoms with Crippen molar-refractivity contribution < 1.29 is 14.6 Å². The fraction of sp³-hybridized carbons (Fsp3) is 0.316. The van der Waals surface area contributed by atoms with Gasteiger partial charge >= 0.3 is 0 Å². The number of carbonyl (C=O) groups is 1. The van der Waals surface area contributed by atoms with Gasteiger partial charge in [0.15, 0.2) is 0 Å². The summed E-state index contributed by atoms with van der Waals surface area (Å²) in [5.41, 5.74) is 4.00. The third-order valence-electron chi connectivity index (χ3n) is 5.06. The maximum absolute atomic E-state index is 13.0. The van der Waals surface area contributed by atoms with E-state index in [0.29, 0.717) is 17.9 Å². The highest BCUT2D eigenvalue weighted by molar-refractivity contribution is 5.98. The van der Waals surface area contributed by atoms with Gasteiger partial charge in [-0.05, 0) is 35.2 Å². The number of nitrogens with zero attached hydrogens (tertiary/aromatic N) is 1. The first kappa shape index (κ1) is 14.3. The van der Waals surface area contributed by atoms with E-state index in [1.54, 1.807) is 13.2 Å². The first-order chi connectivity index (χ1) is 11.2. The molecule has 0 aromatic heterocycles. The predicted octanol–water partition coefficient (Wildman–Crippen LogP) is 2.52. The highest BCUT2D eigenvalue weighted by Crippen LogP contribution is 2.46. The van der Waals surface area contributed by atoms with Gasteiger partial charge in [-0.15, -0.1) is 0 Å². The monoisotopic (exact) mass is 309 g/mol. The minimum atomic E-state index is -0.102. The molecule has 1 N–H and O–H groups in total. The highest BCUT2D eigenvalue weighted by atomic mass is 16.5. The molecule has 0 unspecified atom stereocenters. The number of hydrogen-bond acceptors (Lipinski definition) is 3. The summed E-state index contributed by atoms with van der Waals surface area (Å²) in [5, 5.41) is 10.0. The number of aliphatic hydroxyl groups excluding tert-OH is 1. The molecular formula is C19H19NO3. The Bertz CT molecular complexity index is 771. The lowest BCUT2D eigenvalue weighted by Gasteiger charge is -2.45. The molecule has 0 saturated heterocycles. The molecular weight excluding hydrogens is 290 g/mol. The number of benzene rings is 2. The zero-order chi connectivity index (χ0) is 16.0. The molecule has 1 amide bonds. The van der Waals surface area contributed by atoms with E-state index in [1.807, 2.05) is 29.2 Å². The quantitative estimate of drug-likeness (QED) is 0.927. The molecule has 4 nitrogen and oxygen atoms in total. The maximum atomic E-state index is 13.0. The molecule has 2 aromatic rings. The van der Waals surface area contributed by atoms with Crippen LogP contribution in [0.3, 0.4) is 0 Å². The van der Waals surface area contributed by atoms with Crippen molar-refractivity contribution in [1.29, 1.82) is 0 Å². The van der Waals surface area contributed by atoms with Crippen LogP contribution in [-0.4, -0.2) is 36.2 Å². The highest BCUT2D eigenvalue weighted by Gasteiger charge is 2.42. The van der Waals surface area contributed by atoms with E-state index in [1.165, 1.54) is 5.56 Å². The molecule has 0 bridgehead atoms. The zero-order valence-corrected chi connectivity index (χ0v) is 13.0. The Hall–Kier alpha value is -2.33. The normalized spacial score (nSPS) is 22.2. The van der Waals surface area contributed by atoms with Crippen LogP contribution >= 0.6 is 0 Å². The smallest absolute Gasteiger partial charge is 0.254 e. The molecule has 2 aliphatic rings. The van der Waals surface area contributed by atoms with Crippen molar-refractivity contribution >= 4 is 5.91 Å². The number of methoxy groups -OCH3 is 1. The van der Waals surface area contributed by atoms with Crippen molar-refractivity contribution in [2.24, 2.45) is 0 Å². The Balaban J connectivity index is 1.89. The van der Waals surface area contributed by atoms with Crippen molar-refractivity contribution in [1.82, 2.24) is 4.90 Å². The molecule has 0 spiro atoms. The van der Waals surface area contributed by atoms with Crippen molar-refractivity contribution in [3.8, 4) is 5.75 Å². The third-order valence-corrected chi connectivity index (χ3v) is 5.06. The molecule has 118 valence electrons. The average molecular weight is 309 g/mol. The molecule has 0 saturated carbocycles. The summed E-state index contributed by atoms with van der Waals surface area (Å²) < 4.78 is 5.26. The number of fused-ring (bicyclic) bond motifs is 4. The summed E-state index contributed by atoms with van der Waals surface area (Å²) in [6.45, 7) is 0.704. The van der Waals surface area contributed by atoms with Crippen molar-refractivity contribution in [3.05, 3.63) is 64.7 Å². The van der Waals surface area contributed by atoms with E-state index < -0.39 is 0 Å². The minimum absolute atomic E-state index is 0.0160. The van der Waals surface area contributed by atoms with Gasteiger partial charge in [0.1, 0.15) is 5.75 Å². The summed E-state index contributed by atoms with van der Waals surface area (Å²) >= 11 is 0. The first-order valence-electron chi connectivity index (χ1n) is 7.92. The van der Waals surface area contributed by atoms with Gasteiger partial charge in [0.05, 0.1) is 19.8 Å². The van der Waals surface area contributed by atoms with Crippen LogP contribution < -0.4 is 4.74 Å². The summed E-state index contributed by atoms with van der Waals surface area (Å²) in [4.78, 5) is 14.9. The van der Waals surface area contributed by atoms with E-state index in [9.17, 15) is 9.90 Å². The van der Waals surface area contributed by atoms with Crippen LogP contribution in [0.2, 0.25) is 0 Å². The van der Waals surface area contributed by atoms with Gasteiger partial charge in [0.25, 0.3) is 5.91 Å². The predicted molar refractivity (Wildman–Crippen MR) is 86.7 cm³/mol. The number of carbonyl (C=O) groups excluding carboxylic acids is 1. The Morgan fingerprint density at radius 1 is 1.22 bits per heavy atom. The zero-order valence-electron chi connectivity index (χ0n) is 13.0. The molecule has 0 fully saturated rings. The number of ether oxygens (including phenoxy) is 1. The standard InChI is InChI=1S/C19H19NO3/c1-23-13-6-7-15-16(10-13)19(22)20-9-8-12-4-2-3-5-14(12)18(20)17(15)11-21/h2-7,10,17-18,21H,8-9,11H2,1H3/t17-,18-/m0/s1. The second kappa shape index (κ2) is 5.39. The van der Waals surface area contributed by atoms with Crippen LogP contribution in [-0.2, 0) is 6.42 Å². The van der Waals surface area contributed by atoms with Gasteiger partial charge < -0.3 is 14.7 Å². The lowest BCUT2D eigenvalue weighted by atomic mass is 9.76. The second-order valence-corrected chi connectivity index (χ2v) is 6.13. The van der Waals surface area contributed by atoms with Gasteiger partial charge in [-0.2, -0.15) is 0 Å². The Morgan fingerprint density at radius 2 is 2.04 bits per heavy atom. The first-order valence-corrected chi connectivity index (χ1v) is 7.92. The van der Waals surface area contributed by atoms with Crippen LogP contribution in [0, 0.1) is 0 Å². The molecule has 0 aliphatic carbocycles. The second-order valence-electron chi connectivity index (χ2n) is 6.13. The molecule has 2 aliphatic heterocycles. The van der Waals surface area contributed by atoms with Crippen LogP contribution in [0.15, 0.2) is 42.5 Å². The van der Waals surface area contributed by atoms with E-state index >= 15 is 0 Å². The van der Waals surface area contributed by atoms with Gasteiger partial charge in [0, 0.05) is 18.0 Å². The van der Waals surface area contributed by atoms with E-state index in [4.69, 9.17) is 4.74 Å². The van der Waals surface area contributed by atoms with E-state index in [0.717, 1.165) is 17.5 Å². The van der Waals surface area contributed by atoms with Gasteiger partial charge in [-0.3, -0.25) is 4.79 Å². The minimum Gasteiger partial charge on any atom is -0.497 e. The average Bonchev–Trinajstić information content (AvgIpc) is 2.61. The van der Waals surface area contributed by atoms with E-state index in [-0.39, 0.29) is 24.5 Å². The Kier molecular flexibility index (Phi) is 3.34. The van der Waals surface area contributed by atoms with Gasteiger partial charge in [-0.1, -0.05) is 30.3 Å². The number of aliphatic hydroxyl groups is 1. The molecule has 4 rings (SSSR count). The fourth-order valence-corrected chi connectivity index (χ4v) is 3.95. The molecule has 2 aromatic carbocycles. The van der Waals surface area contributed by atoms with Crippen LogP contribution in [0.4, 0.5) is 0 Å². The summed E-state index contributed by atoms with van der Waals surface area (Å²) in [6, 6.07) is 13.7. The molecule has 2 atom stereocenters. The van der Waals surface area contributed by atoms with Crippen molar-refractivity contribution in [3.63, 3.8) is 0 Å². The molecule has 4 heteroatoms.